The van der Waals surface area contributed by atoms with E-state index in [1.165, 1.54) is 0 Å². The minimum Gasteiger partial charge on any atom is -0.444 e. The maximum Gasteiger partial charge on any atom is 0.407 e. The van der Waals surface area contributed by atoms with E-state index in [-0.39, 0.29) is 35.6 Å². The van der Waals surface area contributed by atoms with Crippen molar-refractivity contribution >= 4 is 40.5 Å². The van der Waals surface area contributed by atoms with E-state index in [4.69, 9.17) is 4.74 Å². The first-order valence-electron chi connectivity index (χ1n) is 17.8. The number of H-pyrrole nitrogens is 1. The molecule has 1 aliphatic carbocycles. The van der Waals surface area contributed by atoms with Crippen LogP contribution in [-0.2, 0) is 20.7 Å². The molecule has 0 unspecified atom stereocenters. The van der Waals surface area contributed by atoms with Crippen molar-refractivity contribution < 1.29 is 23.9 Å². The number of anilines is 1. The molecule has 0 bridgehead atoms. The summed E-state index contributed by atoms with van der Waals surface area (Å²) in [4.78, 5) is 59.3. The number of carbonyl (C=O) groups excluding carboxylic acids is 4. The summed E-state index contributed by atoms with van der Waals surface area (Å²) in [6.07, 6.45) is 4.39. The summed E-state index contributed by atoms with van der Waals surface area (Å²) in [5, 5.41) is 11.8. The Morgan fingerprint density at radius 1 is 0.922 bits per heavy atom. The van der Waals surface area contributed by atoms with Crippen LogP contribution in [0.3, 0.4) is 0 Å². The Balaban J connectivity index is 1.25. The number of aromatic nitrogens is 2. The fourth-order valence-electron chi connectivity index (χ4n) is 6.44. The number of alkyl carbamates (subject to hydrolysis) is 1. The summed E-state index contributed by atoms with van der Waals surface area (Å²) in [6, 6.07) is 18.3. The molecule has 3 aromatic carbocycles. The van der Waals surface area contributed by atoms with E-state index in [0.29, 0.717) is 37.1 Å². The molecule has 1 atom stereocenters. The third kappa shape index (κ3) is 10.4. The predicted molar refractivity (Wildman–Crippen MR) is 199 cm³/mol. The van der Waals surface area contributed by atoms with Gasteiger partial charge in [-0.3, -0.25) is 14.4 Å². The molecule has 5 N–H and O–H groups in total. The van der Waals surface area contributed by atoms with Crippen LogP contribution >= 0.6 is 0 Å². The summed E-state index contributed by atoms with van der Waals surface area (Å²) in [5.74, 6) is -0.530. The highest BCUT2D eigenvalue weighted by atomic mass is 16.6. The molecule has 1 fully saturated rings. The summed E-state index contributed by atoms with van der Waals surface area (Å²) in [6.45, 7) is 11.8. The fourth-order valence-corrected chi connectivity index (χ4v) is 6.44. The van der Waals surface area contributed by atoms with Gasteiger partial charge in [-0.15, -0.1) is 0 Å². The van der Waals surface area contributed by atoms with Gasteiger partial charge in [0.2, 0.25) is 11.8 Å². The largest absolute Gasteiger partial charge is 0.444 e. The van der Waals surface area contributed by atoms with Gasteiger partial charge in [-0.05, 0) is 126 Å². The fraction of sp³-hybridized carbons (Fsp3) is 0.425. The van der Waals surface area contributed by atoms with Crippen molar-refractivity contribution in [1.29, 1.82) is 0 Å². The standard InChI is InChI=1S/C40H50N6O5/c1-24(2)44-37(48)30-15-17-32(25(3)19-30)28-11-7-26(8-12-28)20-35(38(49)45-31-16-18-33-34(21-31)43-23-42-33)46-36(47)29-13-9-27(10-14-29)22-41-39(50)51-40(4,5)6/h7-8,11-12,15-19,21,23-24,27,29,35H,9-10,13-14,20,22H2,1-6H3,(H,41,50)(H,42,43)(H,44,48)(H,45,49)(H,46,47)/t27?,29?,35-/m0/s1. The number of imidazole rings is 1. The van der Waals surface area contributed by atoms with E-state index in [9.17, 15) is 19.2 Å². The number of benzene rings is 3. The molecule has 270 valence electrons. The molecule has 1 saturated carbocycles. The quantitative estimate of drug-likeness (QED) is 0.118. The summed E-state index contributed by atoms with van der Waals surface area (Å²) in [5.41, 5.74) is 6.12. The minimum absolute atomic E-state index is 0.0514. The van der Waals surface area contributed by atoms with Crippen LogP contribution in [0.25, 0.3) is 22.2 Å². The average Bonchev–Trinajstić information content (AvgIpc) is 3.55. The normalized spacial score (nSPS) is 16.7. The van der Waals surface area contributed by atoms with E-state index in [0.717, 1.165) is 46.1 Å². The average molecular weight is 695 g/mol. The van der Waals surface area contributed by atoms with Crippen LogP contribution in [-0.4, -0.2) is 58.0 Å². The first-order chi connectivity index (χ1) is 24.2. The smallest absolute Gasteiger partial charge is 0.407 e. The molecule has 11 heteroatoms. The van der Waals surface area contributed by atoms with Crippen molar-refractivity contribution in [2.24, 2.45) is 11.8 Å². The van der Waals surface area contributed by atoms with Gasteiger partial charge < -0.3 is 31.0 Å². The van der Waals surface area contributed by atoms with Crippen molar-refractivity contribution in [2.45, 2.75) is 91.3 Å². The Kier molecular flexibility index (Phi) is 11.8. The molecule has 0 radical (unpaired) electrons. The number of aryl methyl sites for hydroxylation is 1. The molecule has 5 rings (SSSR count). The van der Waals surface area contributed by atoms with Gasteiger partial charge in [-0.25, -0.2) is 9.78 Å². The summed E-state index contributed by atoms with van der Waals surface area (Å²) in [7, 11) is 0. The number of carbonyl (C=O) groups is 4. The van der Waals surface area contributed by atoms with Gasteiger partial charge in [-0.2, -0.15) is 0 Å². The number of hydrogen-bond acceptors (Lipinski definition) is 6. The molecule has 0 spiro atoms. The van der Waals surface area contributed by atoms with Crippen LogP contribution in [0.1, 0.15) is 81.8 Å². The van der Waals surface area contributed by atoms with Crippen LogP contribution in [0.2, 0.25) is 0 Å². The van der Waals surface area contributed by atoms with E-state index in [1.54, 1.807) is 12.4 Å². The SMILES string of the molecule is Cc1cc(C(=O)NC(C)C)ccc1-c1ccc(C[C@H](NC(=O)C2CCC(CNC(=O)OC(C)(C)C)CC2)C(=O)Nc2ccc3nc[nH]c3c2)cc1. The van der Waals surface area contributed by atoms with Gasteiger partial charge in [0.1, 0.15) is 11.6 Å². The molecule has 51 heavy (non-hydrogen) atoms. The topological polar surface area (TPSA) is 154 Å². The van der Waals surface area contributed by atoms with Crippen LogP contribution < -0.4 is 21.3 Å². The molecule has 1 aliphatic rings. The molecular formula is C40H50N6O5. The molecule has 1 aromatic heterocycles. The van der Waals surface area contributed by atoms with Gasteiger partial charge in [0.05, 0.1) is 17.4 Å². The molecule has 4 aromatic rings. The molecule has 0 aliphatic heterocycles. The van der Waals surface area contributed by atoms with Gasteiger partial charge in [-0.1, -0.05) is 30.3 Å². The first-order valence-corrected chi connectivity index (χ1v) is 17.8. The molecule has 11 nitrogen and oxygen atoms in total. The minimum atomic E-state index is -0.812. The maximum absolute atomic E-state index is 13.8. The zero-order valence-corrected chi connectivity index (χ0v) is 30.4. The van der Waals surface area contributed by atoms with E-state index >= 15 is 0 Å². The van der Waals surface area contributed by atoms with Crippen molar-refractivity contribution in [3.63, 3.8) is 0 Å². The third-order valence-corrected chi connectivity index (χ3v) is 9.09. The zero-order chi connectivity index (χ0) is 36.7. The maximum atomic E-state index is 13.8. The molecule has 4 amide bonds. The number of fused-ring (bicyclic) bond motifs is 1. The second-order valence-electron chi connectivity index (χ2n) is 14.8. The summed E-state index contributed by atoms with van der Waals surface area (Å²) < 4.78 is 5.35. The van der Waals surface area contributed by atoms with Gasteiger partial charge in [0.15, 0.2) is 0 Å². The number of nitrogens with zero attached hydrogens (tertiary/aromatic N) is 1. The Labute approximate surface area is 299 Å². The van der Waals surface area contributed by atoms with Crippen molar-refractivity contribution in [3.8, 4) is 11.1 Å². The number of nitrogens with one attached hydrogen (secondary N) is 5. The first kappa shape index (κ1) is 37.1. The number of hydrogen-bond donors (Lipinski definition) is 5. The molecule has 1 heterocycles. The lowest BCUT2D eigenvalue weighted by Crippen LogP contribution is -2.48. The Hall–Kier alpha value is -5.19. The third-order valence-electron chi connectivity index (χ3n) is 9.09. The molecular weight excluding hydrogens is 644 g/mol. The number of amides is 4. The Morgan fingerprint density at radius 3 is 2.31 bits per heavy atom. The highest BCUT2D eigenvalue weighted by molar-refractivity contribution is 5.99. The monoisotopic (exact) mass is 694 g/mol. The second-order valence-corrected chi connectivity index (χ2v) is 14.8. The van der Waals surface area contributed by atoms with Crippen molar-refractivity contribution in [2.75, 3.05) is 11.9 Å². The lowest BCUT2D eigenvalue weighted by Gasteiger charge is -2.29. The number of rotatable bonds is 11. The van der Waals surface area contributed by atoms with Crippen molar-refractivity contribution in [1.82, 2.24) is 25.9 Å². The Bertz CT molecular complexity index is 1850. The zero-order valence-electron chi connectivity index (χ0n) is 30.4. The van der Waals surface area contributed by atoms with Crippen molar-refractivity contribution in [3.05, 3.63) is 83.7 Å². The predicted octanol–water partition coefficient (Wildman–Crippen LogP) is 6.67. The van der Waals surface area contributed by atoms with Crippen LogP contribution in [0.15, 0.2) is 67.0 Å². The van der Waals surface area contributed by atoms with Crippen LogP contribution in [0.5, 0.6) is 0 Å². The lowest BCUT2D eigenvalue weighted by molar-refractivity contribution is -0.130. The van der Waals surface area contributed by atoms with Crippen LogP contribution in [0, 0.1) is 18.8 Å². The van der Waals surface area contributed by atoms with Gasteiger partial charge in [0, 0.05) is 36.2 Å². The highest BCUT2D eigenvalue weighted by Crippen LogP contribution is 2.29. The number of aromatic amines is 1. The van der Waals surface area contributed by atoms with E-state index in [1.807, 2.05) is 96.1 Å². The van der Waals surface area contributed by atoms with E-state index in [2.05, 4.69) is 31.2 Å². The van der Waals surface area contributed by atoms with E-state index < -0.39 is 17.7 Å². The second kappa shape index (κ2) is 16.2. The summed E-state index contributed by atoms with van der Waals surface area (Å²) >= 11 is 0. The lowest BCUT2D eigenvalue weighted by atomic mass is 9.81. The highest BCUT2D eigenvalue weighted by Gasteiger charge is 2.30. The van der Waals surface area contributed by atoms with Gasteiger partial charge in [0.25, 0.3) is 5.91 Å². The number of ether oxygens (including phenoxy) is 1. The van der Waals surface area contributed by atoms with Gasteiger partial charge >= 0.3 is 6.09 Å². The Morgan fingerprint density at radius 2 is 1.65 bits per heavy atom. The van der Waals surface area contributed by atoms with Crippen LogP contribution in [0.4, 0.5) is 10.5 Å². The molecule has 0 saturated heterocycles.